The zero-order chi connectivity index (χ0) is 23.9. The Kier molecular flexibility index (Phi) is 5.37. The monoisotopic (exact) mass is 486 g/mol. The SMILES string of the molecule is Cc1cccc(C(=O)N2CCCN(c3nc4cc(Cl)ccc4c4nnc(-c5ccco5)n34)CC2)c1. The number of aromatic nitrogens is 4. The second kappa shape index (κ2) is 8.70. The third kappa shape index (κ3) is 3.89. The minimum absolute atomic E-state index is 0.0551. The van der Waals surface area contributed by atoms with Crippen LogP contribution in [-0.2, 0) is 0 Å². The first-order valence-corrected chi connectivity index (χ1v) is 12.0. The summed E-state index contributed by atoms with van der Waals surface area (Å²) in [5, 5.41) is 10.4. The molecule has 35 heavy (non-hydrogen) atoms. The Balaban J connectivity index is 1.40. The number of furan rings is 1. The number of fused-ring (bicyclic) bond motifs is 3. The lowest BCUT2D eigenvalue weighted by Gasteiger charge is -2.24. The molecule has 8 nitrogen and oxygen atoms in total. The molecule has 176 valence electrons. The van der Waals surface area contributed by atoms with Gasteiger partial charge in [0.2, 0.25) is 11.8 Å². The van der Waals surface area contributed by atoms with E-state index in [4.69, 9.17) is 21.0 Å². The molecule has 0 radical (unpaired) electrons. The van der Waals surface area contributed by atoms with Crippen LogP contribution in [0.2, 0.25) is 5.02 Å². The van der Waals surface area contributed by atoms with Crippen LogP contribution in [-0.4, -0.2) is 56.6 Å². The van der Waals surface area contributed by atoms with Gasteiger partial charge in [-0.3, -0.25) is 4.79 Å². The van der Waals surface area contributed by atoms with Crippen molar-refractivity contribution >= 4 is 40.0 Å². The Morgan fingerprint density at radius 3 is 2.74 bits per heavy atom. The number of anilines is 1. The lowest BCUT2D eigenvalue weighted by molar-refractivity contribution is 0.0767. The van der Waals surface area contributed by atoms with Crippen LogP contribution >= 0.6 is 11.6 Å². The molecule has 1 saturated heterocycles. The number of carbonyl (C=O) groups is 1. The van der Waals surface area contributed by atoms with Crippen molar-refractivity contribution in [2.24, 2.45) is 0 Å². The number of aryl methyl sites for hydroxylation is 1. The van der Waals surface area contributed by atoms with Crippen LogP contribution in [0.15, 0.2) is 65.3 Å². The summed E-state index contributed by atoms with van der Waals surface area (Å²) in [4.78, 5) is 22.3. The van der Waals surface area contributed by atoms with Crippen LogP contribution in [0.4, 0.5) is 5.95 Å². The van der Waals surface area contributed by atoms with Crippen molar-refractivity contribution in [2.75, 3.05) is 31.1 Å². The van der Waals surface area contributed by atoms with Crippen molar-refractivity contribution in [3.05, 3.63) is 77.0 Å². The standard InChI is InChI=1S/C26H23ClN6O2/c1-17-5-2-6-18(15-17)25(34)31-10-4-11-32(13-12-31)26-28-21-16-19(27)8-9-20(21)23-29-30-24(33(23)26)22-7-3-14-35-22/h2-3,5-9,14-16H,4,10-13H2,1H3. The first-order valence-electron chi connectivity index (χ1n) is 11.6. The van der Waals surface area contributed by atoms with Crippen LogP contribution in [0.5, 0.6) is 0 Å². The Bertz CT molecular complexity index is 1540. The second-order valence-corrected chi connectivity index (χ2v) is 9.17. The van der Waals surface area contributed by atoms with E-state index in [0.717, 1.165) is 35.0 Å². The third-order valence-corrected chi connectivity index (χ3v) is 6.59. The lowest BCUT2D eigenvalue weighted by atomic mass is 10.1. The summed E-state index contributed by atoms with van der Waals surface area (Å²) < 4.78 is 7.59. The molecule has 5 aromatic rings. The summed E-state index contributed by atoms with van der Waals surface area (Å²) >= 11 is 6.29. The molecule has 0 atom stereocenters. The smallest absolute Gasteiger partial charge is 0.253 e. The normalized spacial score (nSPS) is 14.6. The highest BCUT2D eigenvalue weighted by atomic mass is 35.5. The van der Waals surface area contributed by atoms with E-state index >= 15 is 0 Å². The van der Waals surface area contributed by atoms with Crippen molar-refractivity contribution in [3.63, 3.8) is 0 Å². The highest BCUT2D eigenvalue weighted by Gasteiger charge is 2.25. The van der Waals surface area contributed by atoms with Crippen LogP contribution in [0.3, 0.4) is 0 Å². The van der Waals surface area contributed by atoms with Crippen molar-refractivity contribution in [2.45, 2.75) is 13.3 Å². The van der Waals surface area contributed by atoms with Crippen molar-refractivity contribution < 1.29 is 9.21 Å². The van der Waals surface area contributed by atoms with Gasteiger partial charge in [-0.25, -0.2) is 9.38 Å². The molecule has 1 aliphatic heterocycles. The molecule has 3 aromatic heterocycles. The Morgan fingerprint density at radius 2 is 1.91 bits per heavy atom. The van der Waals surface area contributed by atoms with Gasteiger partial charge in [-0.05, 0) is 55.8 Å². The van der Waals surface area contributed by atoms with E-state index in [-0.39, 0.29) is 5.91 Å². The number of hydrogen-bond donors (Lipinski definition) is 0. The van der Waals surface area contributed by atoms with Crippen molar-refractivity contribution in [1.29, 1.82) is 0 Å². The summed E-state index contributed by atoms with van der Waals surface area (Å²) in [5.74, 6) is 1.96. The molecule has 0 spiro atoms. The van der Waals surface area contributed by atoms with Crippen LogP contribution in [0.1, 0.15) is 22.3 Å². The largest absolute Gasteiger partial charge is 0.461 e. The highest BCUT2D eigenvalue weighted by molar-refractivity contribution is 6.31. The molecule has 0 bridgehead atoms. The molecule has 0 saturated carbocycles. The molecule has 4 heterocycles. The van der Waals surface area contributed by atoms with E-state index in [9.17, 15) is 4.79 Å². The predicted molar refractivity (Wildman–Crippen MR) is 135 cm³/mol. The molecular weight excluding hydrogens is 464 g/mol. The minimum Gasteiger partial charge on any atom is -0.461 e. The van der Waals surface area contributed by atoms with Crippen molar-refractivity contribution in [1.82, 2.24) is 24.5 Å². The van der Waals surface area contributed by atoms with Gasteiger partial charge in [-0.2, -0.15) is 0 Å². The Labute approximate surface area is 206 Å². The highest BCUT2D eigenvalue weighted by Crippen LogP contribution is 2.30. The van der Waals surface area contributed by atoms with E-state index in [1.165, 1.54) is 0 Å². The average Bonchev–Trinajstić information content (AvgIpc) is 3.48. The minimum atomic E-state index is 0.0551. The Morgan fingerprint density at radius 1 is 1.00 bits per heavy atom. The van der Waals surface area contributed by atoms with E-state index in [2.05, 4.69) is 15.1 Å². The molecule has 1 aliphatic rings. The maximum Gasteiger partial charge on any atom is 0.253 e. The number of halogens is 1. The molecule has 0 N–H and O–H groups in total. The average molecular weight is 487 g/mol. The van der Waals surface area contributed by atoms with Gasteiger partial charge in [-0.1, -0.05) is 29.3 Å². The molecule has 1 amide bonds. The zero-order valence-corrected chi connectivity index (χ0v) is 19.9. The molecular formula is C26H23ClN6O2. The van der Waals surface area contributed by atoms with E-state index < -0.39 is 0 Å². The number of nitrogens with zero attached hydrogens (tertiary/aromatic N) is 6. The second-order valence-electron chi connectivity index (χ2n) is 8.74. The molecule has 6 rings (SSSR count). The van der Waals surface area contributed by atoms with Gasteiger partial charge in [0.25, 0.3) is 5.91 Å². The lowest BCUT2D eigenvalue weighted by Crippen LogP contribution is -2.36. The molecule has 0 unspecified atom stereocenters. The number of amides is 1. The molecule has 2 aromatic carbocycles. The summed E-state index contributed by atoms with van der Waals surface area (Å²) in [6, 6.07) is 17.0. The van der Waals surface area contributed by atoms with Gasteiger partial charge in [0, 0.05) is 42.2 Å². The quantitative estimate of drug-likeness (QED) is 0.362. The first kappa shape index (κ1) is 21.6. The fourth-order valence-electron chi connectivity index (χ4n) is 4.65. The Hall–Kier alpha value is -3.91. The summed E-state index contributed by atoms with van der Waals surface area (Å²) in [6.45, 7) is 4.63. The van der Waals surface area contributed by atoms with Crippen molar-refractivity contribution in [3.8, 4) is 11.6 Å². The summed E-state index contributed by atoms with van der Waals surface area (Å²) in [6.07, 6.45) is 2.43. The maximum atomic E-state index is 13.2. The van der Waals surface area contributed by atoms with Gasteiger partial charge in [-0.15, -0.1) is 10.2 Å². The predicted octanol–water partition coefficient (Wildman–Crippen LogP) is 4.85. The van der Waals surface area contributed by atoms with Gasteiger partial charge in [0.05, 0.1) is 11.8 Å². The fourth-order valence-corrected chi connectivity index (χ4v) is 4.82. The van der Waals surface area contributed by atoms with Gasteiger partial charge in [0.15, 0.2) is 11.4 Å². The van der Waals surface area contributed by atoms with E-state index in [1.807, 2.05) is 70.8 Å². The maximum absolute atomic E-state index is 13.2. The first-order chi connectivity index (χ1) is 17.1. The van der Waals surface area contributed by atoms with Crippen LogP contribution in [0, 0.1) is 6.92 Å². The molecule has 9 heteroatoms. The topological polar surface area (TPSA) is 79.8 Å². The van der Waals surface area contributed by atoms with Gasteiger partial charge < -0.3 is 14.2 Å². The molecule has 0 aliphatic carbocycles. The van der Waals surface area contributed by atoms with E-state index in [1.54, 1.807) is 6.26 Å². The van der Waals surface area contributed by atoms with Gasteiger partial charge >= 0.3 is 0 Å². The van der Waals surface area contributed by atoms with E-state index in [0.29, 0.717) is 47.8 Å². The number of benzene rings is 2. The third-order valence-electron chi connectivity index (χ3n) is 6.36. The number of hydrogen-bond acceptors (Lipinski definition) is 6. The fraction of sp³-hybridized carbons (Fsp3) is 0.231. The number of rotatable bonds is 3. The van der Waals surface area contributed by atoms with Crippen LogP contribution in [0.25, 0.3) is 28.1 Å². The molecule has 1 fully saturated rings. The van der Waals surface area contributed by atoms with Crippen LogP contribution < -0.4 is 4.90 Å². The zero-order valence-electron chi connectivity index (χ0n) is 19.2. The number of carbonyl (C=O) groups excluding carboxylic acids is 1. The summed E-state index contributed by atoms with van der Waals surface area (Å²) in [7, 11) is 0. The summed E-state index contributed by atoms with van der Waals surface area (Å²) in [5.41, 5.74) is 3.23. The van der Waals surface area contributed by atoms with Gasteiger partial charge in [0.1, 0.15) is 0 Å².